The Labute approximate surface area is 114 Å². The van der Waals surface area contributed by atoms with Gasteiger partial charge in [0.15, 0.2) is 0 Å². The molecule has 1 aromatic heterocycles. The van der Waals surface area contributed by atoms with Gasteiger partial charge in [0.2, 0.25) is 0 Å². The number of ether oxygens (including phenoxy) is 1. The third-order valence-electron chi connectivity index (χ3n) is 3.00. The van der Waals surface area contributed by atoms with Crippen molar-refractivity contribution >= 4 is 21.6 Å². The number of benzene rings is 1. The van der Waals surface area contributed by atoms with Crippen LogP contribution in [0.5, 0.6) is 0 Å². The quantitative estimate of drug-likeness (QED) is 0.849. The highest BCUT2D eigenvalue weighted by molar-refractivity contribution is 9.10. The monoisotopic (exact) mass is 308 g/mol. The molecule has 1 fully saturated rings. The molecular weight excluding hydrogens is 296 g/mol. The molecule has 18 heavy (non-hydrogen) atoms. The van der Waals surface area contributed by atoms with E-state index in [4.69, 9.17) is 4.74 Å². The number of nitrogens with zero attached hydrogens (tertiary/aromatic N) is 4. The maximum absolute atomic E-state index is 5.37. The van der Waals surface area contributed by atoms with Gasteiger partial charge in [-0.25, -0.2) is 0 Å². The third-order valence-corrected chi connectivity index (χ3v) is 3.64. The zero-order valence-corrected chi connectivity index (χ0v) is 11.4. The first-order valence-corrected chi connectivity index (χ1v) is 6.61. The molecule has 0 saturated carbocycles. The van der Waals surface area contributed by atoms with Gasteiger partial charge in [0.25, 0.3) is 0 Å². The van der Waals surface area contributed by atoms with E-state index in [9.17, 15) is 0 Å². The fraction of sp³-hybridized carbons (Fsp3) is 0.333. The summed E-state index contributed by atoms with van der Waals surface area (Å²) in [6, 6.07) is 6.26. The Morgan fingerprint density at radius 1 is 1.11 bits per heavy atom. The molecule has 0 aliphatic carbocycles. The van der Waals surface area contributed by atoms with Crippen molar-refractivity contribution in [3.8, 4) is 5.69 Å². The SMILES string of the molecule is Brc1cc(-n2cnnc2)ccc1N1CCOCC1. The standard InChI is InChI=1S/C12H13BrN4O/c13-11-7-10(17-8-14-15-9-17)1-2-12(11)16-3-5-18-6-4-16/h1-2,7-9H,3-6H2. The van der Waals surface area contributed by atoms with Crippen LogP contribution >= 0.6 is 15.9 Å². The van der Waals surface area contributed by atoms with Gasteiger partial charge in [0, 0.05) is 23.2 Å². The molecule has 2 heterocycles. The highest BCUT2D eigenvalue weighted by atomic mass is 79.9. The second kappa shape index (κ2) is 5.07. The Hall–Kier alpha value is -1.40. The van der Waals surface area contributed by atoms with Crippen LogP contribution in [0, 0.1) is 0 Å². The molecule has 0 radical (unpaired) electrons. The van der Waals surface area contributed by atoms with Crippen LogP contribution in [0.25, 0.3) is 5.69 Å². The van der Waals surface area contributed by atoms with Gasteiger partial charge >= 0.3 is 0 Å². The molecular formula is C12H13BrN4O. The smallest absolute Gasteiger partial charge is 0.123 e. The highest BCUT2D eigenvalue weighted by Gasteiger charge is 2.14. The van der Waals surface area contributed by atoms with Crippen LogP contribution in [0.1, 0.15) is 0 Å². The van der Waals surface area contributed by atoms with Gasteiger partial charge < -0.3 is 9.64 Å². The Morgan fingerprint density at radius 3 is 2.50 bits per heavy atom. The van der Waals surface area contributed by atoms with Crippen molar-refractivity contribution in [3.05, 3.63) is 35.3 Å². The lowest BCUT2D eigenvalue weighted by Gasteiger charge is -2.29. The molecule has 3 rings (SSSR count). The number of hydrogen-bond acceptors (Lipinski definition) is 4. The lowest BCUT2D eigenvalue weighted by Crippen LogP contribution is -2.36. The minimum Gasteiger partial charge on any atom is -0.378 e. The van der Waals surface area contributed by atoms with Crippen LogP contribution in [0.15, 0.2) is 35.3 Å². The molecule has 2 aromatic rings. The summed E-state index contributed by atoms with van der Waals surface area (Å²) in [5, 5.41) is 7.62. The summed E-state index contributed by atoms with van der Waals surface area (Å²) >= 11 is 3.63. The van der Waals surface area contributed by atoms with Crippen molar-refractivity contribution in [1.29, 1.82) is 0 Å². The van der Waals surface area contributed by atoms with Gasteiger partial charge in [-0.1, -0.05) is 0 Å². The van der Waals surface area contributed by atoms with Crippen molar-refractivity contribution in [2.75, 3.05) is 31.2 Å². The lowest BCUT2D eigenvalue weighted by atomic mass is 10.2. The zero-order valence-electron chi connectivity index (χ0n) is 9.79. The molecule has 0 atom stereocenters. The van der Waals surface area contributed by atoms with E-state index in [2.05, 4.69) is 49.2 Å². The predicted molar refractivity (Wildman–Crippen MR) is 72.1 cm³/mol. The van der Waals surface area contributed by atoms with Crippen LogP contribution < -0.4 is 4.90 Å². The average molecular weight is 309 g/mol. The predicted octanol–water partition coefficient (Wildman–Crippen LogP) is 1.87. The second-order valence-electron chi connectivity index (χ2n) is 4.10. The fourth-order valence-corrected chi connectivity index (χ4v) is 2.67. The molecule has 6 heteroatoms. The summed E-state index contributed by atoms with van der Waals surface area (Å²) in [6.45, 7) is 3.45. The maximum Gasteiger partial charge on any atom is 0.123 e. The Kier molecular flexibility index (Phi) is 3.29. The molecule has 1 saturated heterocycles. The molecule has 1 aromatic carbocycles. The van der Waals surface area contributed by atoms with Crippen LogP contribution in [0.2, 0.25) is 0 Å². The van der Waals surface area contributed by atoms with Gasteiger partial charge in [-0.2, -0.15) is 0 Å². The van der Waals surface area contributed by atoms with Crippen molar-refractivity contribution in [3.63, 3.8) is 0 Å². The summed E-state index contributed by atoms with van der Waals surface area (Å²) in [7, 11) is 0. The van der Waals surface area contributed by atoms with Crippen molar-refractivity contribution in [2.24, 2.45) is 0 Å². The average Bonchev–Trinajstić information content (AvgIpc) is 2.93. The first-order valence-electron chi connectivity index (χ1n) is 5.82. The number of rotatable bonds is 2. The summed E-state index contributed by atoms with van der Waals surface area (Å²) in [5.74, 6) is 0. The van der Waals surface area contributed by atoms with Crippen LogP contribution in [-0.4, -0.2) is 41.1 Å². The van der Waals surface area contributed by atoms with Gasteiger partial charge in [-0.3, -0.25) is 4.57 Å². The van der Waals surface area contributed by atoms with E-state index in [1.165, 1.54) is 5.69 Å². The lowest BCUT2D eigenvalue weighted by molar-refractivity contribution is 0.122. The molecule has 0 bridgehead atoms. The molecule has 0 spiro atoms. The first-order chi connectivity index (χ1) is 8.84. The maximum atomic E-state index is 5.37. The van der Waals surface area contributed by atoms with E-state index in [1.807, 2.05) is 4.57 Å². The number of halogens is 1. The molecule has 5 nitrogen and oxygen atoms in total. The molecule has 1 aliphatic heterocycles. The summed E-state index contributed by atoms with van der Waals surface area (Å²) < 4.78 is 8.33. The van der Waals surface area contributed by atoms with E-state index in [1.54, 1.807) is 12.7 Å². The minimum atomic E-state index is 0.791. The van der Waals surface area contributed by atoms with E-state index in [-0.39, 0.29) is 0 Å². The molecule has 0 unspecified atom stereocenters. The Balaban J connectivity index is 1.89. The number of morpholine rings is 1. The third kappa shape index (κ3) is 2.26. The first kappa shape index (κ1) is 11.7. The minimum absolute atomic E-state index is 0.791. The number of aromatic nitrogens is 3. The Morgan fingerprint density at radius 2 is 1.83 bits per heavy atom. The van der Waals surface area contributed by atoms with Gasteiger partial charge in [0.05, 0.1) is 18.9 Å². The Bertz CT molecular complexity index is 523. The summed E-state index contributed by atoms with van der Waals surface area (Å²) in [4.78, 5) is 2.32. The van der Waals surface area contributed by atoms with E-state index < -0.39 is 0 Å². The van der Waals surface area contributed by atoms with Crippen molar-refractivity contribution < 1.29 is 4.74 Å². The molecule has 94 valence electrons. The molecule has 0 amide bonds. The summed E-state index contributed by atoms with van der Waals surface area (Å²) in [5.41, 5.74) is 2.25. The summed E-state index contributed by atoms with van der Waals surface area (Å²) in [6.07, 6.45) is 3.38. The van der Waals surface area contributed by atoms with E-state index in [0.717, 1.165) is 36.5 Å². The number of hydrogen-bond donors (Lipinski definition) is 0. The van der Waals surface area contributed by atoms with Gasteiger partial charge in [-0.05, 0) is 34.1 Å². The number of anilines is 1. The highest BCUT2D eigenvalue weighted by Crippen LogP contribution is 2.29. The van der Waals surface area contributed by atoms with Crippen LogP contribution in [-0.2, 0) is 4.74 Å². The van der Waals surface area contributed by atoms with Crippen molar-refractivity contribution in [2.45, 2.75) is 0 Å². The zero-order chi connectivity index (χ0) is 12.4. The van der Waals surface area contributed by atoms with Gasteiger partial charge in [0.1, 0.15) is 12.7 Å². The largest absolute Gasteiger partial charge is 0.378 e. The topological polar surface area (TPSA) is 43.2 Å². The van der Waals surface area contributed by atoms with E-state index in [0.29, 0.717) is 0 Å². The molecule has 0 N–H and O–H groups in total. The van der Waals surface area contributed by atoms with Gasteiger partial charge in [-0.15, -0.1) is 10.2 Å². The molecule has 1 aliphatic rings. The fourth-order valence-electron chi connectivity index (χ4n) is 2.05. The van der Waals surface area contributed by atoms with Crippen LogP contribution in [0.3, 0.4) is 0 Å². The normalized spacial score (nSPS) is 15.9. The van der Waals surface area contributed by atoms with E-state index >= 15 is 0 Å². The van der Waals surface area contributed by atoms with Crippen LogP contribution in [0.4, 0.5) is 5.69 Å². The van der Waals surface area contributed by atoms with Crippen molar-refractivity contribution in [1.82, 2.24) is 14.8 Å². The second-order valence-corrected chi connectivity index (χ2v) is 4.96.